The SMILES string of the molecule is Cc1cccc(S(=O)(=O)c2cccc(C)c2C)c1C.O=S(=O)(O)C(F)(F)F. The van der Waals surface area contributed by atoms with Crippen LogP contribution in [0.5, 0.6) is 0 Å². The molecule has 27 heavy (non-hydrogen) atoms. The molecule has 0 bridgehead atoms. The lowest BCUT2D eigenvalue weighted by atomic mass is 10.1. The molecule has 2 rings (SSSR count). The molecule has 2 aromatic rings. The molecule has 0 unspecified atom stereocenters. The molecule has 0 fully saturated rings. The van der Waals surface area contributed by atoms with Crippen molar-refractivity contribution in [2.75, 3.05) is 0 Å². The van der Waals surface area contributed by atoms with Crippen molar-refractivity contribution in [3.05, 3.63) is 58.7 Å². The van der Waals surface area contributed by atoms with Gasteiger partial charge in [-0.1, -0.05) is 24.3 Å². The van der Waals surface area contributed by atoms with E-state index in [9.17, 15) is 21.6 Å². The summed E-state index contributed by atoms with van der Waals surface area (Å²) in [5, 5.41) is 0. The average Bonchev–Trinajstić information content (AvgIpc) is 2.51. The number of alkyl halides is 3. The first-order valence-electron chi connectivity index (χ1n) is 7.52. The van der Waals surface area contributed by atoms with Gasteiger partial charge in [-0.3, -0.25) is 4.55 Å². The zero-order valence-corrected chi connectivity index (χ0v) is 16.6. The quantitative estimate of drug-likeness (QED) is 0.578. The predicted octanol–water partition coefficient (Wildman–Crippen LogP) is 4.15. The number of halogens is 3. The van der Waals surface area contributed by atoms with Crippen LogP contribution in [0.2, 0.25) is 0 Å². The molecule has 150 valence electrons. The first-order chi connectivity index (χ1) is 12.1. The fourth-order valence-corrected chi connectivity index (χ4v) is 4.03. The van der Waals surface area contributed by atoms with Crippen LogP contribution in [-0.4, -0.2) is 26.9 Å². The van der Waals surface area contributed by atoms with Crippen LogP contribution in [0.25, 0.3) is 0 Å². The van der Waals surface area contributed by atoms with Gasteiger partial charge in [0.1, 0.15) is 0 Å². The van der Waals surface area contributed by atoms with E-state index in [-0.39, 0.29) is 0 Å². The van der Waals surface area contributed by atoms with Gasteiger partial charge in [0, 0.05) is 0 Å². The summed E-state index contributed by atoms with van der Waals surface area (Å²) in [6.07, 6.45) is 0. The Morgan fingerprint density at radius 3 is 1.30 bits per heavy atom. The molecule has 2 aromatic carbocycles. The highest BCUT2D eigenvalue weighted by Crippen LogP contribution is 2.28. The third-order valence-corrected chi connectivity index (χ3v) is 6.61. The Hall–Kier alpha value is -1.91. The molecular weight excluding hydrogens is 405 g/mol. The summed E-state index contributed by atoms with van der Waals surface area (Å²) >= 11 is 0. The maximum atomic E-state index is 12.8. The van der Waals surface area contributed by atoms with Crippen molar-refractivity contribution >= 4 is 20.0 Å². The number of sulfone groups is 1. The Morgan fingerprint density at radius 1 is 0.741 bits per heavy atom. The number of aryl methyl sites for hydroxylation is 2. The Balaban J connectivity index is 0.000000387. The smallest absolute Gasteiger partial charge is 0.279 e. The molecule has 0 heterocycles. The fraction of sp³-hybridized carbons (Fsp3) is 0.294. The monoisotopic (exact) mass is 424 g/mol. The molecule has 0 atom stereocenters. The van der Waals surface area contributed by atoms with E-state index >= 15 is 0 Å². The summed E-state index contributed by atoms with van der Waals surface area (Å²) in [5.41, 5.74) is -1.91. The maximum absolute atomic E-state index is 12.8. The van der Waals surface area contributed by atoms with Gasteiger partial charge in [0.15, 0.2) is 0 Å². The number of benzene rings is 2. The molecule has 0 saturated heterocycles. The van der Waals surface area contributed by atoms with Gasteiger partial charge in [-0.05, 0) is 62.1 Å². The largest absolute Gasteiger partial charge is 0.522 e. The van der Waals surface area contributed by atoms with Gasteiger partial charge in [-0.2, -0.15) is 21.6 Å². The van der Waals surface area contributed by atoms with E-state index in [4.69, 9.17) is 13.0 Å². The minimum Gasteiger partial charge on any atom is -0.279 e. The lowest BCUT2D eigenvalue weighted by molar-refractivity contribution is -0.0510. The lowest BCUT2D eigenvalue weighted by Crippen LogP contribution is -2.21. The molecule has 10 heteroatoms. The zero-order chi connectivity index (χ0) is 21.2. The minimum absolute atomic E-state index is 0.404. The molecule has 0 radical (unpaired) electrons. The Bertz CT molecular complexity index is 983. The second-order valence-electron chi connectivity index (χ2n) is 5.82. The Morgan fingerprint density at radius 2 is 1.04 bits per heavy atom. The molecule has 0 spiro atoms. The van der Waals surface area contributed by atoms with E-state index in [1.54, 1.807) is 24.3 Å². The van der Waals surface area contributed by atoms with E-state index in [2.05, 4.69) is 0 Å². The normalized spacial score (nSPS) is 12.3. The standard InChI is InChI=1S/C16H18O2S.CHF3O3S/c1-11-7-5-9-15(13(11)3)19(17,18)16-10-6-8-12(2)14(16)4;2-1(3,4)8(5,6)7/h5-10H,1-4H3;(H,5,6,7). The summed E-state index contributed by atoms with van der Waals surface area (Å²) in [7, 11) is -9.29. The van der Waals surface area contributed by atoms with E-state index < -0.39 is 25.5 Å². The summed E-state index contributed by atoms with van der Waals surface area (Å²) in [4.78, 5) is 0.808. The summed E-state index contributed by atoms with van der Waals surface area (Å²) in [6.45, 7) is 7.57. The Labute approximate surface area is 156 Å². The van der Waals surface area contributed by atoms with Gasteiger partial charge in [0.2, 0.25) is 9.84 Å². The van der Waals surface area contributed by atoms with Crippen LogP contribution in [-0.2, 0) is 20.0 Å². The molecule has 0 amide bonds. The molecule has 0 aliphatic carbocycles. The first kappa shape index (κ1) is 23.1. The van der Waals surface area contributed by atoms with Crippen LogP contribution < -0.4 is 0 Å². The number of rotatable bonds is 2. The van der Waals surface area contributed by atoms with Crippen molar-refractivity contribution in [3.63, 3.8) is 0 Å². The van der Waals surface area contributed by atoms with Crippen molar-refractivity contribution in [3.8, 4) is 0 Å². The van der Waals surface area contributed by atoms with Gasteiger partial charge in [-0.25, -0.2) is 8.42 Å². The second-order valence-corrected chi connectivity index (χ2v) is 9.12. The third kappa shape index (κ3) is 5.30. The van der Waals surface area contributed by atoms with Crippen LogP contribution in [0.4, 0.5) is 13.2 Å². The molecule has 1 N–H and O–H groups in total. The van der Waals surface area contributed by atoms with Gasteiger partial charge in [0.05, 0.1) is 9.79 Å². The van der Waals surface area contributed by atoms with Crippen molar-refractivity contribution in [1.82, 2.24) is 0 Å². The van der Waals surface area contributed by atoms with Gasteiger partial charge in [-0.15, -0.1) is 0 Å². The van der Waals surface area contributed by atoms with E-state index in [1.165, 1.54) is 0 Å². The summed E-state index contributed by atoms with van der Waals surface area (Å²) in [6, 6.07) is 10.8. The topological polar surface area (TPSA) is 88.5 Å². The molecule has 0 aromatic heterocycles. The Kier molecular flexibility index (Phi) is 6.85. The number of hydrogen-bond donors (Lipinski definition) is 1. The maximum Gasteiger partial charge on any atom is 0.522 e. The highest BCUT2D eigenvalue weighted by molar-refractivity contribution is 7.91. The van der Waals surface area contributed by atoms with Crippen molar-refractivity contribution < 1.29 is 34.6 Å². The van der Waals surface area contributed by atoms with E-state index in [1.807, 2.05) is 39.8 Å². The van der Waals surface area contributed by atoms with Crippen molar-refractivity contribution in [1.29, 1.82) is 0 Å². The van der Waals surface area contributed by atoms with Crippen LogP contribution >= 0.6 is 0 Å². The van der Waals surface area contributed by atoms with Crippen LogP contribution in [0, 0.1) is 27.7 Å². The van der Waals surface area contributed by atoms with Gasteiger partial charge in [0.25, 0.3) is 0 Å². The highest BCUT2D eigenvalue weighted by atomic mass is 32.2. The average molecular weight is 424 g/mol. The van der Waals surface area contributed by atoms with E-state index in [0.29, 0.717) is 9.79 Å². The first-order valence-corrected chi connectivity index (χ1v) is 10.4. The van der Waals surface area contributed by atoms with Crippen molar-refractivity contribution in [2.24, 2.45) is 0 Å². The van der Waals surface area contributed by atoms with Crippen LogP contribution in [0.3, 0.4) is 0 Å². The van der Waals surface area contributed by atoms with E-state index in [0.717, 1.165) is 22.3 Å². The molecule has 5 nitrogen and oxygen atoms in total. The third-order valence-electron chi connectivity index (χ3n) is 3.98. The molecule has 0 aliphatic heterocycles. The predicted molar refractivity (Wildman–Crippen MR) is 94.9 cm³/mol. The molecule has 0 saturated carbocycles. The second kappa shape index (κ2) is 7.99. The highest BCUT2D eigenvalue weighted by Gasteiger charge is 2.44. The van der Waals surface area contributed by atoms with Gasteiger partial charge >= 0.3 is 15.6 Å². The zero-order valence-electron chi connectivity index (χ0n) is 15.0. The fourth-order valence-electron chi connectivity index (χ4n) is 2.15. The lowest BCUT2D eigenvalue weighted by Gasteiger charge is -2.13. The van der Waals surface area contributed by atoms with Crippen molar-refractivity contribution in [2.45, 2.75) is 43.0 Å². The van der Waals surface area contributed by atoms with Crippen LogP contribution in [0.15, 0.2) is 46.2 Å². The van der Waals surface area contributed by atoms with Crippen LogP contribution in [0.1, 0.15) is 22.3 Å². The molecular formula is C17H19F3O5S2. The summed E-state index contributed by atoms with van der Waals surface area (Å²) < 4.78 is 83.1. The van der Waals surface area contributed by atoms with Gasteiger partial charge < -0.3 is 0 Å². The molecule has 0 aliphatic rings. The number of hydrogen-bond acceptors (Lipinski definition) is 4. The summed E-state index contributed by atoms with van der Waals surface area (Å²) in [5.74, 6) is 0. The minimum atomic E-state index is -5.84.